The van der Waals surface area contributed by atoms with E-state index in [9.17, 15) is 9.18 Å². The molecular weight excluding hydrogens is 319 g/mol. The third kappa shape index (κ3) is 2.65. The quantitative estimate of drug-likeness (QED) is 0.770. The van der Waals surface area contributed by atoms with Gasteiger partial charge in [-0.1, -0.05) is 42.5 Å². The van der Waals surface area contributed by atoms with Crippen LogP contribution in [0, 0.1) is 5.82 Å². The molecule has 2 heterocycles. The molecule has 1 amide bonds. The summed E-state index contributed by atoms with van der Waals surface area (Å²) in [6.07, 6.45) is 0.849. The van der Waals surface area contributed by atoms with Crippen molar-refractivity contribution in [2.75, 3.05) is 12.3 Å². The molecule has 0 unspecified atom stereocenters. The molecule has 5 nitrogen and oxygen atoms in total. The molecule has 3 aromatic rings. The largest absolute Gasteiger partial charge is 0.382 e. The third-order valence-electron chi connectivity index (χ3n) is 4.61. The molecule has 1 fully saturated rings. The van der Waals surface area contributed by atoms with E-state index >= 15 is 0 Å². The van der Waals surface area contributed by atoms with E-state index in [1.807, 2.05) is 30.3 Å². The van der Waals surface area contributed by atoms with Crippen molar-refractivity contribution in [2.24, 2.45) is 0 Å². The van der Waals surface area contributed by atoms with Crippen molar-refractivity contribution in [2.45, 2.75) is 12.5 Å². The zero-order valence-corrected chi connectivity index (χ0v) is 13.4. The zero-order valence-electron chi connectivity index (χ0n) is 13.4. The summed E-state index contributed by atoms with van der Waals surface area (Å²) < 4.78 is 13.1. The van der Waals surface area contributed by atoms with E-state index in [1.165, 1.54) is 12.1 Å². The standard InChI is InChI=1S/C19H17FN4O/c20-14-8-6-12(7-9-14)15-10-11-24(15)19(25)17-16(18(21)23-22-17)13-4-2-1-3-5-13/h1-9,15H,10-11H2,(H3,21,22,23)/t15-/m1/s1. The lowest BCUT2D eigenvalue weighted by atomic mass is 9.93. The van der Waals surface area contributed by atoms with Crippen LogP contribution in [0.1, 0.15) is 28.5 Å². The van der Waals surface area contributed by atoms with Crippen LogP contribution in [0.3, 0.4) is 0 Å². The van der Waals surface area contributed by atoms with Crippen LogP contribution in [-0.4, -0.2) is 27.5 Å². The normalized spacial score (nSPS) is 16.5. The maximum Gasteiger partial charge on any atom is 0.273 e. The number of benzene rings is 2. The number of carbonyl (C=O) groups is 1. The van der Waals surface area contributed by atoms with E-state index in [2.05, 4.69) is 10.2 Å². The van der Waals surface area contributed by atoms with Crippen molar-refractivity contribution < 1.29 is 9.18 Å². The van der Waals surface area contributed by atoms with Crippen LogP contribution in [-0.2, 0) is 0 Å². The van der Waals surface area contributed by atoms with Crippen LogP contribution >= 0.6 is 0 Å². The van der Waals surface area contributed by atoms with Gasteiger partial charge in [0, 0.05) is 6.54 Å². The van der Waals surface area contributed by atoms with E-state index in [1.54, 1.807) is 17.0 Å². The summed E-state index contributed by atoms with van der Waals surface area (Å²) >= 11 is 0. The molecule has 25 heavy (non-hydrogen) atoms. The van der Waals surface area contributed by atoms with E-state index in [0.717, 1.165) is 17.5 Å². The molecule has 0 saturated carbocycles. The molecule has 1 saturated heterocycles. The number of nitrogen functional groups attached to an aromatic ring is 1. The number of aromatic amines is 1. The number of nitrogens with one attached hydrogen (secondary N) is 1. The molecule has 0 aliphatic carbocycles. The fraction of sp³-hybridized carbons (Fsp3) is 0.158. The molecule has 4 rings (SSSR count). The highest BCUT2D eigenvalue weighted by atomic mass is 19.1. The first-order valence-electron chi connectivity index (χ1n) is 8.11. The number of halogens is 1. The Morgan fingerprint density at radius 3 is 2.52 bits per heavy atom. The number of hydrogen-bond donors (Lipinski definition) is 2. The lowest BCUT2D eigenvalue weighted by molar-refractivity contribution is 0.0455. The molecule has 1 aliphatic heterocycles. The van der Waals surface area contributed by atoms with Crippen LogP contribution < -0.4 is 5.73 Å². The highest BCUT2D eigenvalue weighted by Crippen LogP contribution is 2.36. The van der Waals surface area contributed by atoms with Crippen LogP contribution in [0.4, 0.5) is 10.2 Å². The molecule has 3 N–H and O–H groups in total. The van der Waals surface area contributed by atoms with E-state index in [4.69, 9.17) is 5.73 Å². The topological polar surface area (TPSA) is 75.0 Å². The highest BCUT2D eigenvalue weighted by Gasteiger charge is 2.36. The van der Waals surface area contributed by atoms with Gasteiger partial charge in [-0.15, -0.1) is 0 Å². The lowest BCUT2D eigenvalue weighted by Gasteiger charge is -2.41. The van der Waals surface area contributed by atoms with Gasteiger partial charge in [0.2, 0.25) is 0 Å². The molecule has 6 heteroatoms. The minimum Gasteiger partial charge on any atom is -0.382 e. The van der Waals surface area contributed by atoms with Crippen molar-refractivity contribution in [1.29, 1.82) is 0 Å². The monoisotopic (exact) mass is 336 g/mol. The summed E-state index contributed by atoms with van der Waals surface area (Å²) in [6.45, 7) is 0.647. The van der Waals surface area contributed by atoms with Gasteiger partial charge in [-0.05, 0) is 29.7 Å². The van der Waals surface area contributed by atoms with Gasteiger partial charge in [-0.2, -0.15) is 5.10 Å². The van der Waals surface area contributed by atoms with Gasteiger partial charge in [0.15, 0.2) is 5.82 Å². The highest BCUT2D eigenvalue weighted by molar-refractivity contribution is 6.02. The maximum atomic E-state index is 13.1. The Labute approximate surface area is 144 Å². The zero-order chi connectivity index (χ0) is 17.4. The van der Waals surface area contributed by atoms with Gasteiger partial charge >= 0.3 is 0 Å². The summed E-state index contributed by atoms with van der Waals surface area (Å²) in [7, 11) is 0. The fourth-order valence-electron chi connectivity index (χ4n) is 3.21. The number of nitrogens with zero attached hydrogens (tertiary/aromatic N) is 2. The Balaban J connectivity index is 1.65. The van der Waals surface area contributed by atoms with E-state index < -0.39 is 0 Å². The summed E-state index contributed by atoms with van der Waals surface area (Å²) in [5.74, 6) is -0.134. The smallest absolute Gasteiger partial charge is 0.273 e. The van der Waals surface area contributed by atoms with Crippen molar-refractivity contribution >= 4 is 11.7 Å². The molecule has 0 bridgehead atoms. The minimum atomic E-state index is -0.284. The van der Waals surface area contributed by atoms with E-state index in [0.29, 0.717) is 23.6 Å². The maximum absolute atomic E-state index is 13.1. The van der Waals surface area contributed by atoms with Gasteiger partial charge in [-0.3, -0.25) is 9.89 Å². The van der Waals surface area contributed by atoms with Crippen molar-refractivity contribution in [1.82, 2.24) is 15.1 Å². The Morgan fingerprint density at radius 1 is 1.16 bits per heavy atom. The van der Waals surface area contributed by atoms with Crippen LogP contribution in [0.2, 0.25) is 0 Å². The van der Waals surface area contributed by atoms with Gasteiger partial charge in [-0.25, -0.2) is 4.39 Å². The number of nitrogens with two attached hydrogens (primary N) is 1. The third-order valence-corrected chi connectivity index (χ3v) is 4.61. The number of hydrogen-bond acceptors (Lipinski definition) is 3. The molecular formula is C19H17FN4O. The molecule has 126 valence electrons. The van der Waals surface area contributed by atoms with Crippen LogP contribution in [0.25, 0.3) is 11.1 Å². The molecule has 1 atom stereocenters. The summed E-state index contributed by atoms with van der Waals surface area (Å²) in [4.78, 5) is 14.8. The molecule has 0 radical (unpaired) electrons. The lowest BCUT2D eigenvalue weighted by Crippen LogP contribution is -2.45. The van der Waals surface area contributed by atoms with Crippen LogP contribution in [0.15, 0.2) is 54.6 Å². The number of amides is 1. The minimum absolute atomic E-state index is 0.0544. The van der Waals surface area contributed by atoms with E-state index in [-0.39, 0.29) is 17.8 Å². The predicted octanol–water partition coefficient (Wildman–Crippen LogP) is 3.39. The molecule has 1 aromatic heterocycles. The fourth-order valence-corrected chi connectivity index (χ4v) is 3.21. The Hall–Kier alpha value is -3.15. The van der Waals surface area contributed by atoms with Crippen molar-refractivity contribution in [3.8, 4) is 11.1 Å². The Bertz CT molecular complexity index is 905. The summed E-state index contributed by atoms with van der Waals surface area (Å²) in [6, 6.07) is 15.7. The second-order valence-electron chi connectivity index (χ2n) is 6.08. The van der Waals surface area contributed by atoms with Crippen molar-refractivity contribution in [3.63, 3.8) is 0 Å². The van der Waals surface area contributed by atoms with Gasteiger partial charge < -0.3 is 10.6 Å². The number of rotatable bonds is 3. The number of H-pyrrole nitrogens is 1. The average molecular weight is 336 g/mol. The first-order chi connectivity index (χ1) is 12.1. The van der Waals surface area contributed by atoms with Gasteiger partial charge in [0.1, 0.15) is 11.5 Å². The number of aromatic nitrogens is 2. The number of anilines is 1. The second kappa shape index (κ2) is 6.05. The molecule has 2 aromatic carbocycles. The summed E-state index contributed by atoms with van der Waals surface area (Å²) in [5, 5.41) is 6.80. The van der Waals surface area contributed by atoms with Gasteiger partial charge in [0.25, 0.3) is 5.91 Å². The summed E-state index contributed by atoms with van der Waals surface area (Å²) in [5.41, 5.74) is 8.75. The predicted molar refractivity (Wildman–Crippen MR) is 93.2 cm³/mol. The van der Waals surface area contributed by atoms with Crippen LogP contribution in [0.5, 0.6) is 0 Å². The SMILES string of the molecule is Nc1n[nH]c(C(=O)N2CC[C@@H]2c2ccc(F)cc2)c1-c1ccccc1. The molecule has 0 spiro atoms. The second-order valence-corrected chi connectivity index (χ2v) is 6.08. The van der Waals surface area contributed by atoms with Crippen molar-refractivity contribution in [3.05, 3.63) is 71.7 Å². The Morgan fingerprint density at radius 2 is 1.88 bits per heavy atom. The average Bonchev–Trinajstić information content (AvgIpc) is 2.98. The first-order valence-corrected chi connectivity index (χ1v) is 8.11. The van der Waals surface area contributed by atoms with Gasteiger partial charge in [0.05, 0.1) is 11.6 Å². The number of carbonyl (C=O) groups excluding carboxylic acids is 1. The molecule has 1 aliphatic rings. The number of likely N-dealkylation sites (tertiary alicyclic amines) is 1. The Kier molecular flexibility index (Phi) is 3.72. The first kappa shape index (κ1) is 15.4.